The Balaban J connectivity index is 2.20. The molecule has 1 aromatic carbocycles. The summed E-state index contributed by atoms with van der Waals surface area (Å²) >= 11 is 0. The molecule has 0 aromatic heterocycles. The number of likely N-dealkylation sites (N-methyl/N-ethyl adjacent to an activating group) is 1. The van der Waals surface area contributed by atoms with E-state index in [1.165, 1.54) is 7.11 Å². The average Bonchev–Trinajstić information content (AvgIpc) is 3.20. The Morgan fingerprint density at radius 3 is 2.39 bits per heavy atom. The summed E-state index contributed by atoms with van der Waals surface area (Å²) in [6, 6.07) is 6.76. The lowest BCUT2D eigenvalue weighted by Crippen LogP contribution is -2.53. The molecule has 0 N–H and O–H groups in total. The van der Waals surface area contributed by atoms with E-state index in [1.807, 2.05) is 13.8 Å². The maximum absolute atomic E-state index is 13.0. The van der Waals surface area contributed by atoms with Crippen LogP contribution >= 0.6 is 0 Å². The fourth-order valence-electron chi connectivity index (χ4n) is 3.50. The molecule has 2 aliphatic heterocycles. The molecule has 2 heterocycles. The monoisotopic (exact) mass is 409 g/mol. The summed E-state index contributed by atoms with van der Waals surface area (Å²) in [6.45, 7) is 6.50. The van der Waals surface area contributed by atoms with Crippen LogP contribution in [0.1, 0.15) is 26.3 Å². The molecular weight excluding hydrogens is 386 g/mol. The molecule has 10 heteroatoms. The lowest BCUT2D eigenvalue weighted by molar-refractivity contribution is -0.135. The first-order valence-corrected chi connectivity index (χ1v) is 10.5. The molecule has 28 heavy (non-hydrogen) atoms. The summed E-state index contributed by atoms with van der Waals surface area (Å²) in [6.07, 6.45) is 0. The first-order chi connectivity index (χ1) is 13.4. The Kier molecular flexibility index (Phi) is 5.33. The van der Waals surface area contributed by atoms with E-state index in [0.29, 0.717) is 24.4 Å². The summed E-state index contributed by atoms with van der Waals surface area (Å²) in [5.74, 6) is -0.0263. The van der Waals surface area contributed by atoms with Crippen molar-refractivity contribution in [2.45, 2.75) is 31.6 Å². The van der Waals surface area contributed by atoms with Gasteiger partial charge in [-0.25, -0.2) is 13.2 Å². The van der Waals surface area contributed by atoms with Crippen molar-refractivity contribution in [2.24, 2.45) is 9.55 Å². The van der Waals surface area contributed by atoms with E-state index in [1.54, 1.807) is 36.1 Å². The molecule has 0 aliphatic carbocycles. The van der Waals surface area contributed by atoms with Crippen LogP contribution in [0.5, 0.6) is 5.75 Å². The first kappa shape index (κ1) is 20.1. The van der Waals surface area contributed by atoms with Gasteiger partial charge in [0.15, 0.2) is 16.8 Å². The Bertz CT molecular complexity index is 921. The van der Waals surface area contributed by atoms with E-state index in [-0.39, 0.29) is 18.2 Å². The van der Waals surface area contributed by atoms with Gasteiger partial charge in [-0.1, -0.05) is 17.3 Å². The van der Waals surface area contributed by atoms with Crippen molar-refractivity contribution in [3.05, 3.63) is 29.8 Å². The fraction of sp³-hybridized carbons (Fsp3) is 0.500. The number of rotatable bonds is 6. The highest BCUT2D eigenvalue weighted by molar-refractivity contribution is 7.92. The number of hydrogen-bond donors (Lipinski definition) is 0. The fourth-order valence-corrected chi connectivity index (χ4v) is 5.22. The third kappa shape index (κ3) is 2.92. The average molecular weight is 409 g/mol. The first-order valence-electron chi connectivity index (χ1n) is 9.02. The number of methoxy groups -OCH3 is 1. The highest BCUT2D eigenvalue weighted by Crippen LogP contribution is 2.46. The van der Waals surface area contributed by atoms with Gasteiger partial charge in [-0.15, -0.1) is 4.40 Å². The number of esters is 1. The molecule has 2 aliphatic rings. The van der Waals surface area contributed by atoms with Crippen molar-refractivity contribution < 1.29 is 27.5 Å². The molecule has 3 rings (SSSR count). The number of ether oxygens (including phenoxy) is 2. The molecule has 0 saturated carbocycles. The van der Waals surface area contributed by atoms with Gasteiger partial charge < -0.3 is 19.2 Å². The lowest BCUT2D eigenvalue weighted by Gasteiger charge is -2.33. The minimum atomic E-state index is -4.11. The van der Waals surface area contributed by atoms with Gasteiger partial charge in [0.05, 0.1) is 13.7 Å². The molecule has 1 aromatic rings. The predicted octanol–water partition coefficient (Wildman–Crippen LogP) is 1.29. The SMILES string of the molecule is CCOC(=O)C1=NO[C@@]2(c3ccc(OC)cc3)C(N(CC)CC)=NS(=O)(=O)[C@@H]12. The van der Waals surface area contributed by atoms with Gasteiger partial charge in [0.2, 0.25) is 5.60 Å². The van der Waals surface area contributed by atoms with E-state index >= 15 is 0 Å². The van der Waals surface area contributed by atoms with Crippen LogP contribution in [0, 0.1) is 0 Å². The molecule has 0 radical (unpaired) electrons. The molecular formula is C18H23N3O6S. The molecule has 0 spiro atoms. The highest BCUT2D eigenvalue weighted by Gasteiger charge is 2.67. The van der Waals surface area contributed by atoms with Crippen LogP contribution in [0.2, 0.25) is 0 Å². The van der Waals surface area contributed by atoms with Gasteiger partial charge in [-0.3, -0.25) is 0 Å². The second-order valence-electron chi connectivity index (χ2n) is 6.23. The highest BCUT2D eigenvalue weighted by atomic mass is 32.2. The Hall–Kier alpha value is -2.62. The van der Waals surface area contributed by atoms with Gasteiger partial charge in [0.1, 0.15) is 5.75 Å². The molecule has 0 saturated heterocycles. The van der Waals surface area contributed by atoms with Crippen molar-refractivity contribution in [2.75, 3.05) is 26.8 Å². The van der Waals surface area contributed by atoms with E-state index < -0.39 is 26.8 Å². The van der Waals surface area contributed by atoms with E-state index in [9.17, 15) is 13.2 Å². The van der Waals surface area contributed by atoms with Gasteiger partial charge in [0, 0.05) is 18.7 Å². The van der Waals surface area contributed by atoms with Gasteiger partial charge in [0.25, 0.3) is 10.0 Å². The zero-order valence-corrected chi connectivity index (χ0v) is 17.0. The summed E-state index contributed by atoms with van der Waals surface area (Å²) in [4.78, 5) is 19.9. The summed E-state index contributed by atoms with van der Waals surface area (Å²) in [5, 5.41) is 2.44. The topological polar surface area (TPSA) is 107 Å². The smallest absolute Gasteiger partial charge is 0.357 e. The molecule has 9 nitrogen and oxygen atoms in total. The number of fused-ring (bicyclic) bond motifs is 1. The molecule has 0 unspecified atom stereocenters. The molecule has 2 atom stereocenters. The number of carbonyl (C=O) groups is 1. The van der Waals surface area contributed by atoms with Crippen LogP contribution in [0.4, 0.5) is 0 Å². The maximum atomic E-state index is 13.0. The van der Waals surface area contributed by atoms with E-state index in [0.717, 1.165) is 0 Å². The van der Waals surface area contributed by atoms with Crippen LogP contribution in [-0.4, -0.2) is 62.9 Å². The third-order valence-corrected chi connectivity index (χ3v) is 6.39. The maximum Gasteiger partial charge on any atom is 0.357 e. The Labute approximate surface area is 164 Å². The number of sulfonamides is 1. The second kappa shape index (κ2) is 7.42. The molecule has 0 amide bonds. The number of carbonyl (C=O) groups excluding carboxylic acids is 1. The number of hydrogen-bond acceptors (Lipinski definition) is 8. The van der Waals surface area contributed by atoms with Gasteiger partial charge in [-0.2, -0.15) is 0 Å². The second-order valence-corrected chi connectivity index (χ2v) is 7.92. The summed E-state index contributed by atoms with van der Waals surface area (Å²) in [7, 11) is -2.58. The predicted molar refractivity (Wildman–Crippen MR) is 103 cm³/mol. The molecule has 0 fully saturated rings. The minimum absolute atomic E-state index is 0.0872. The van der Waals surface area contributed by atoms with Crippen LogP contribution in [0.3, 0.4) is 0 Å². The molecule has 0 bridgehead atoms. The van der Waals surface area contributed by atoms with Gasteiger partial charge >= 0.3 is 5.97 Å². The number of benzene rings is 1. The number of oxime groups is 1. The van der Waals surface area contributed by atoms with Gasteiger partial charge in [-0.05, 0) is 32.9 Å². The van der Waals surface area contributed by atoms with Crippen molar-refractivity contribution in [1.29, 1.82) is 0 Å². The van der Waals surface area contributed by atoms with Crippen LogP contribution in [-0.2, 0) is 30.0 Å². The normalized spacial score (nSPS) is 24.6. The summed E-state index contributed by atoms with van der Waals surface area (Å²) in [5.41, 5.74) is -1.35. The van der Waals surface area contributed by atoms with E-state index in [4.69, 9.17) is 14.3 Å². The van der Waals surface area contributed by atoms with Crippen LogP contribution < -0.4 is 4.74 Å². The zero-order chi connectivity index (χ0) is 20.5. The number of nitrogens with zero attached hydrogens (tertiary/aromatic N) is 3. The Morgan fingerprint density at radius 2 is 1.86 bits per heavy atom. The van der Waals surface area contributed by atoms with E-state index in [2.05, 4.69) is 9.55 Å². The Morgan fingerprint density at radius 1 is 1.21 bits per heavy atom. The minimum Gasteiger partial charge on any atom is -0.497 e. The summed E-state index contributed by atoms with van der Waals surface area (Å²) < 4.78 is 40.2. The molecule has 152 valence electrons. The third-order valence-electron chi connectivity index (χ3n) is 4.82. The zero-order valence-electron chi connectivity index (χ0n) is 16.2. The van der Waals surface area contributed by atoms with Crippen molar-refractivity contribution in [3.63, 3.8) is 0 Å². The van der Waals surface area contributed by atoms with Crippen molar-refractivity contribution in [3.8, 4) is 5.75 Å². The van der Waals surface area contributed by atoms with Crippen LogP contribution in [0.15, 0.2) is 33.8 Å². The van der Waals surface area contributed by atoms with Crippen molar-refractivity contribution >= 4 is 27.5 Å². The van der Waals surface area contributed by atoms with Crippen molar-refractivity contribution in [1.82, 2.24) is 4.90 Å². The quantitative estimate of drug-likeness (QED) is 0.652. The number of amidine groups is 1. The van der Waals surface area contributed by atoms with Crippen LogP contribution in [0.25, 0.3) is 0 Å². The largest absolute Gasteiger partial charge is 0.497 e. The standard InChI is InChI=1S/C18H23N3O6S/c1-5-21(6-2)17-18(12-8-10-13(25-4)11-9-12)15(28(23,24)20-17)14(19-27-18)16(22)26-7-3/h8-11,15H,5-7H2,1-4H3/t15-,18+/m0/s1. The lowest BCUT2D eigenvalue weighted by atomic mass is 9.86.